The van der Waals surface area contributed by atoms with Crippen LogP contribution in [0.1, 0.15) is 16.7 Å². The molecule has 5 heteroatoms. The topological polar surface area (TPSA) is 55.8 Å². The molecule has 0 spiro atoms. The summed E-state index contributed by atoms with van der Waals surface area (Å²) in [5.74, 6) is -0.216. The second-order valence-corrected chi connectivity index (χ2v) is 6.01. The fourth-order valence-electron chi connectivity index (χ4n) is 2.40. The van der Waals surface area contributed by atoms with Crippen LogP contribution in [-0.2, 0) is 20.9 Å². The molecule has 0 aliphatic rings. The van der Waals surface area contributed by atoms with Crippen LogP contribution in [0.3, 0.4) is 0 Å². The number of hydrogen-bond acceptors (Lipinski definition) is 4. The number of likely N-dealkylation sites (N-methyl/N-ethyl adjacent to an activating group) is 1. The number of aryl methyl sites for hydroxylation is 2. The van der Waals surface area contributed by atoms with E-state index < -0.39 is 5.97 Å². The Morgan fingerprint density at radius 1 is 0.960 bits per heavy atom. The monoisotopic (exact) mass is 341 g/mol. The van der Waals surface area contributed by atoms with Gasteiger partial charge in [0.15, 0.2) is 13.2 Å². The third kappa shape index (κ3) is 6.30. The molecule has 0 fully saturated rings. The predicted octanol–water partition coefficient (Wildman–Crippen LogP) is 2.88. The molecular formula is C20H23NO4. The van der Waals surface area contributed by atoms with E-state index in [4.69, 9.17) is 9.47 Å². The summed E-state index contributed by atoms with van der Waals surface area (Å²) in [6, 6.07) is 15.3. The van der Waals surface area contributed by atoms with E-state index in [9.17, 15) is 9.59 Å². The predicted molar refractivity (Wildman–Crippen MR) is 95.3 cm³/mol. The summed E-state index contributed by atoms with van der Waals surface area (Å²) in [7, 11) is 1.68. The van der Waals surface area contributed by atoms with Gasteiger partial charge in [-0.15, -0.1) is 0 Å². The van der Waals surface area contributed by atoms with Gasteiger partial charge >= 0.3 is 5.97 Å². The lowest BCUT2D eigenvalue weighted by atomic mass is 10.1. The highest BCUT2D eigenvalue weighted by Crippen LogP contribution is 2.16. The first-order valence-corrected chi connectivity index (χ1v) is 8.08. The van der Waals surface area contributed by atoms with Crippen LogP contribution in [0.4, 0.5) is 0 Å². The van der Waals surface area contributed by atoms with Gasteiger partial charge in [0.2, 0.25) is 0 Å². The van der Waals surface area contributed by atoms with Gasteiger partial charge in [0.25, 0.3) is 5.91 Å². The Bertz CT molecular complexity index is 707. The Hall–Kier alpha value is -2.82. The molecule has 0 saturated heterocycles. The minimum atomic E-state index is -0.569. The molecule has 0 N–H and O–H groups in total. The van der Waals surface area contributed by atoms with E-state index in [1.54, 1.807) is 7.05 Å². The largest absolute Gasteiger partial charge is 0.482 e. The molecule has 2 aromatic rings. The van der Waals surface area contributed by atoms with E-state index in [2.05, 4.69) is 0 Å². The average Bonchev–Trinajstić information content (AvgIpc) is 2.58. The van der Waals surface area contributed by atoms with Gasteiger partial charge in [-0.25, -0.2) is 4.79 Å². The molecule has 2 rings (SSSR count). The standard InChI is InChI=1S/C20H23NO4/c1-15-9-16(2)11-18(10-15)24-14-20(23)25-13-19(22)21(3)12-17-7-5-4-6-8-17/h4-11H,12-14H2,1-3H3. The lowest BCUT2D eigenvalue weighted by Crippen LogP contribution is -2.31. The maximum atomic E-state index is 12.0. The van der Waals surface area contributed by atoms with Crippen LogP contribution < -0.4 is 4.74 Å². The molecule has 5 nitrogen and oxygen atoms in total. The summed E-state index contributed by atoms with van der Waals surface area (Å²) < 4.78 is 10.4. The number of hydrogen-bond donors (Lipinski definition) is 0. The second kappa shape index (κ2) is 8.87. The van der Waals surface area contributed by atoms with Crippen LogP contribution in [0, 0.1) is 13.8 Å². The number of benzene rings is 2. The zero-order valence-corrected chi connectivity index (χ0v) is 14.8. The van der Waals surface area contributed by atoms with Gasteiger partial charge in [0, 0.05) is 13.6 Å². The Kier molecular flexibility index (Phi) is 6.57. The van der Waals surface area contributed by atoms with Gasteiger partial charge < -0.3 is 14.4 Å². The lowest BCUT2D eigenvalue weighted by Gasteiger charge is -2.17. The number of carbonyl (C=O) groups excluding carboxylic acids is 2. The third-order valence-corrected chi connectivity index (χ3v) is 3.60. The Balaban J connectivity index is 1.74. The molecule has 132 valence electrons. The highest BCUT2D eigenvalue weighted by Gasteiger charge is 2.13. The number of amides is 1. The van der Waals surface area contributed by atoms with E-state index in [0.29, 0.717) is 12.3 Å². The minimum absolute atomic E-state index is 0.224. The third-order valence-electron chi connectivity index (χ3n) is 3.60. The number of rotatable bonds is 7. The van der Waals surface area contributed by atoms with Crippen molar-refractivity contribution in [3.63, 3.8) is 0 Å². The maximum Gasteiger partial charge on any atom is 0.344 e. The highest BCUT2D eigenvalue weighted by molar-refractivity contribution is 5.80. The molecule has 0 saturated carbocycles. The van der Waals surface area contributed by atoms with Gasteiger partial charge in [-0.2, -0.15) is 0 Å². The van der Waals surface area contributed by atoms with Crippen LogP contribution in [-0.4, -0.2) is 37.0 Å². The molecule has 2 aromatic carbocycles. The first-order valence-electron chi connectivity index (χ1n) is 8.08. The lowest BCUT2D eigenvalue weighted by molar-refractivity contribution is -0.153. The zero-order chi connectivity index (χ0) is 18.2. The summed E-state index contributed by atoms with van der Waals surface area (Å²) in [4.78, 5) is 25.3. The van der Waals surface area contributed by atoms with Crippen molar-refractivity contribution < 1.29 is 19.1 Å². The average molecular weight is 341 g/mol. The molecule has 0 unspecified atom stereocenters. The molecule has 0 radical (unpaired) electrons. The van der Waals surface area contributed by atoms with Gasteiger partial charge in [0.05, 0.1) is 0 Å². The summed E-state index contributed by atoms with van der Waals surface area (Å²) in [6.45, 7) is 3.87. The molecular weight excluding hydrogens is 318 g/mol. The van der Waals surface area contributed by atoms with Gasteiger partial charge in [-0.05, 0) is 42.7 Å². The van der Waals surface area contributed by atoms with Crippen molar-refractivity contribution >= 4 is 11.9 Å². The number of esters is 1. The van der Waals surface area contributed by atoms with Crippen LogP contribution in [0.15, 0.2) is 48.5 Å². The quantitative estimate of drug-likeness (QED) is 0.727. The number of nitrogens with zero attached hydrogens (tertiary/aromatic N) is 1. The van der Waals surface area contributed by atoms with Crippen LogP contribution in [0.5, 0.6) is 5.75 Å². The summed E-state index contributed by atoms with van der Waals surface area (Å²) in [5, 5.41) is 0. The number of ether oxygens (including phenoxy) is 2. The molecule has 0 bridgehead atoms. The molecule has 0 aliphatic heterocycles. The fourth-order valence-corrected chi connectivity index (χ4v) is 2.40. The summed E-state index contributed by atoms with van der Waals surface area (Å²) in [6.07, 6.45) is 0. The van der Waals surface area contributed by atoms with Crippen LogP contribution >= 0.6 is 0 Å². The van der Waals surface area contributed by atoms with Crippen molar-refractivity contribution in [3.8, 4) is 5.75 Å². The summed E-state index contributed by atoms with van der Waals surface area (Å²) >= 11 is 0. The minimum Gasteiger partial charge on any atom is -0.482 e. The van der Waals surface area contributed by atoms with Crippen molar-refractivity contribution in [1.29, 1.82) is 0 Å². The SMILES string of the molecule is Cc1cc(C)cc(OCC(=O)OCC(=O)N(C)Cc2ccccc2)c1. The first kappa shape index (κ1) is 18.5. The van der Waals surface area contributed by atoms with Gasteiger partial charge in [0.1, 0.15) is 5.75 Å². The molecule has 0 aromatic heterocycles. The second-order valence-electron chi connectivity index (χ2n) is 6.01. The Morgan fingerprint density at radius 2 is 1.60 bits per heavy atom. The number of carbonyl (C=O) groups is 2. The first-order chi connectivity index (χ1) is 11.9. The fraction of sp³-hybridized carbons (Fsp3) is 0.300. The summed E-state index contributed by atoms with van der Waals surface area (Å²) in [5.41, 5.74) is 3.13. The van der Waals surface area contributed by atoms with Crippen LogP contribution in [0.2, 0.25) is 0 Å². The zero-order valence-electron chi connectivity index (χ0n) is 14.8. The smallest absolute Gasteiger partial charge is 0.344 e. The van der Waals surface area contributed by atoms with Crippen molar-refractivity contribution in [2.24, 2.45) is 0 Å². The Morgan fingerprint density at radius 3 is 2.24 bits per heavy atom. The van der Waals surface area contributed by atoms with E-state index in [1.165, 1.54) is 4.90 Å². The maximum absolute atomic E-state index is 12.0. The van der Waals surface area contributed by atoms with Crippen molar-refractivity contribution in [1.82, 2.24) is 4.90 Å². The van der Waals surface area contributed by atoms with E-state index >= 15 is 0 Å². The normalized spacial score (nSPS) is 10.2. The van der Waals surface area contributed by atoms with Crippen molar-refractivity contribution in [3.05, 3.63) is 65.2 Å². The molecule has 0 atom stereocenters. The molecule has 0 aliphatic carbocycles. The molecule has 25 heavy (non-hydrogen) atoms. The highest BCUT2D eigenvalue weighted by atomic mass is 16.6. The molecule has 1 amide bonds. The van der Waals surface area contributed by atoms with Gasteiger partial charge in [-0.3, -0.25) is 4.79 Å². The van der Waals surface area contributed by atoms with E-state index in [0.717, 1.165) is 16.7 Å². The van der Waals surface area contributed by atoms with Gasteiger partial charge in [-0.1, -0.05) is 36.4 Å². The van der Waals surface area contributed by atoms with E-state index in [1.807, 2.05) is 62.4 Å². The van der Waals surface area contributed by atoms with Crippen molar-refractivity contribution in [2.75, 3.05) is 20.3 Å². The Labute approximate surface area is 148 Å². The molecule has 0 heterocycles. The van der Waals surface area contributed by atoms with Crippen LogP contribution in [0.25, 0.3) is 0 Å². The van der Waals surface area contributed by atoms with Crippen molar-refractivity contribution in [2.45, 2.75) is 20.4 Å². The van der Waals surface area contributed by atoms with E-state index in [-0.39, 0.29) is 19.1 Å².